The molecular weight excluding hydrogens is 265 g/mol. The number of hydrogen-bond donors (Lipinski definition) is 2. The Morgan fingerprint density at radius 1 is 1.32 bits per heavy atom. The Morgan fingerprint density at radius 3 is 2.42 bits per heavy atom. The lowest BCUT2D eigenvalue weighted by molar-refractivity contribution is -0.138. The lowest BCUT2D eigenvalue weighted by atomic mass is 10.2. The average Bonchev–Trinajstić information content (AvgIpc) is 2.25. The second-order valence-electron chi connectivity index (χ2n) is 3.87. The molecule has 0 aromatic carbocycles. The molecule has 8 heteroatoms. The molecule has 0 aromatic heterocycles. The Balaban J connectivity index is 3.93. The largest absolute Gasteiger partial charge is 0.480 e. The molecule has 110 valence electrons. The number of alkyl halides is 3. The van der Waals surface area contributed by atoms with Crippen LogP contribution in [0.4, 0.5) is 18.0 Å². The van der Waals surface area contributed by atoms with Crippen LogP contribution < -0.4 is 5.32 Å². The molecule has 0 aliphatic heterocycles. The molecule has 19 heavy (non-hydrogen) atoms. The van der Waals surface area contributed by atoms with Crippen LogP contribution in [0.25, 0.3) is 0 Å². The van der Waals surface area contributed by atoms with Gasteiger partial charge < -0.3 is 15.3 Å². The van der Waals surface area contributed by atoms with Gasteiger partial charge in [-0.15, -0.1) is 6.58 Å². The van der Waals surface area contributed by atoms with Gasteiger partial charge in [0.15, 0.2) is 0 Å². The maximum absolute atomic E-state index is 11.8. The van der Waals surface area contributed by atoms with Crippen molar-refractivity contribution in [2.45, 2.75) is 25.4 Å². The Labute approximate surface area is 109 Å². The molecule has 0 heterocycles. The maximum Gasteiger partial charge on any atom is 0.389 e. The van der Waals surface area contributed by atoms with Crippen molar-refractivity contribution in [3.63, 3.8) is 0 Å². The highest BCUT2D eigenvalue weighted by atomic mass is 19.4. The molecule has 0 aromatic rings. The molecule has 0 saturated heterocycles. The van der Waals surface area contributed by atoms with Gasteiger partial charge in [-0.1, -0.05) is 6.08 Å². The van der Waals surface area contributed by atoms with Crippen LogP contribution >= 0.6 is 0 Å². The number of hydrogen-bond acceptors (Lipinski definition) is 2. The van der Waals surface area contributed by atoms with E-state index in [-0.39, 0.29) is 25.9 Å². The second kappa shape index (κ2) is 8.39. The summed E-state index contributed by atoms with van der Waals surface area (Å²) in [4.78, 5) is 23.0. The number of halogens is 3. The van der Waals surface area contributed by atoms with Crippen molar-refractivity contribution in [1.82, 2.24) is 10.2 Å². The zero-order valence-corrected chi connectivity index (χ0v) is 10.4. The third-order valence-electron chi connectivity index (χ3n) is 2.13. The van der Waals surface area contributed by atoms with Gasteiger partial charge in [0, 0.05) is 19.5 Å². The summed E-state index contributed by atoms with van der Waals surface area (Å²) >= 11 is 0. The van der Waals surface area contributed by atoms with Gasteiger partial charge in [0.2, 0.25) is 0 Å². The van der Waals surface area contributed by atoms with Gasteiger partial charge in [0.05, 0.1) is 0 Å². The van der Waals surface area contributed by atoms with Crippen molar-refractivity contribution in [2.24, 2.45) is 0 Å². The van der Waals surface area contributed by atoms with E-state index >= 15 is 0 Å². The minimum atomic E-state index is -4.19. The van der Waals surface area contributed by atoms with Crippen LogP contribution in [-0.4, -0.2) is 47.8 Å². The summed E-state index contributed by atoms with van der Waals surface area (Å²) in [6, 6.07) is -0.630. The monoisotopic (exact) mass is 282 g/mol. The fraction of sp³-hybridized carbons (Fsp3) is 0.636. The van der Waals surface area contributed by atoms with E-state index in [2.05, 4.69) is 11.9 Å². The number of unbranched alkanes of at least 4 members (excludes halogenated alkanes) is 1. The van der Waals surface area contributed by atoms with E-state index in [9.17, 15) is 22.8 Å². The molecule has 0 rings (SSSR count). The van der Waals surface area contributed by atoms with Crippen molar-refractivity contribution in [2.75, 3.05) is 19.6 Å². The Bertz CT molecular complexity index is 319. The van der Waals surface area contributed by atoms with Gasteiger partial charge in [-0.05, 0) is 12.8 Å². The predicted molar refractivity (Wildman–Crippen MR) is 62.7 cm³/mol. The number of amides is 2. The predicted octanol–water partition coefficient (Wildman–Crippen LogP) is 2.00. The van der Waals surface area contributed by atoms with Gasteiger partial charge in [-0.3, -0.25) is 4.79 Å². The molecule has 0 bridgehead atoms. The van der Waals surface area contributed by atoms with Crippen LogP contribution in [-0.2, 0) is 4.79 Å². The molecule has 2 amide bonds. The fourth-order valence-electron chi connectivity index (χ4n) is 1.30. The van der Waals surface area contributed by atoms with Gasteiger partial charge >= 0.3 is 18.2 Å². The Morgan fingerprint density at radius 2 is 1.95 bits per heavy atom. The summed E-state index contributed by atoms with van der Waals surface area (Å²) in [5.74, 6) is -1.17. The first-order valence-corrected chi connectivity index (χ1v) is 5.68. The van der Waals surface area contributed by atoms with Crippen LogP contribution in [0.2, 0.25) is 0 Å². The van der Waals surface area contributed by atoms with E-state index in [1.807, 2.05) is 0 Å². The number of carbonyl (C=O) groups is 2. The quantitative estimate of drug-likeness (QED) is 0.528. The van der Waals surface area contributed by atoms with E-state index < -0.39 is 31.1 Å². The van der Waals surface area contributed by atoms with E-state index in [1.165, 1.54) is 6.08 Å². The summed E-state index contributed by atoms with van der Waals surface area (Å²) in [5, 5.41) is 10.9. The van der Waals surface area contributed by atoms with Gasteiger partial charge in [0.1, 0.15) is 6.54 Å². The van der Waals surface area contributed by atoms with E-state index in [1.54, 1.807) is 0 Å². The number of rotatable bonds is 8. The van der Waals surface area contributed by atoms with Crippen molar-refractivity contribution < 1.29 is 27.9 Å². The zero-order chi connectivity index (χ0) is 14.9. The molecule has 0 aliphatic rings. The molecule has 0 aliphatic carbocycles. The molecular formula is C11H17F3N2O3. The van der Waals surface area contributed by atoms with Crippen LogP contribution in [0.1, 0.15) is 19.3 Å². The second-order valence-corrected chi connectivity index (χ2v) is 3.87. The molecule has 0 unspecified atom stereocenters. The first-order chi connectivity index (χ1) is 8.76. The average molecular weight is 282 g/mol. The highest BCUT2D eigenvalue weighted by Gasteiger charge is 2.25. The molecule has 0 atom stereocenters. The van der Waals surface area contributed by atoms with Crippen molar-refractivity contribution in [1.29, 1.82) is 0 Å². The molecule has 5 nitrogen and oxygen atoms in total. The van der Waals surface area contributed by atoms with Gasteiger partial charge in [0.25, 0.3) is 0 Å². The standard InChI is InChI=1S/C11H17F3N2O3/c1-2-7-16(8-9(17)18)10(19)15-6-4-3-5-11(12,13)14/h2H,1,3-8H2,(H,15,19)(H,17,18). The van der Waals surface area contributed by atoms with Crippen LogP contribution in [0.3, 0.4) is 0 Å². The number of carbonyl (C=O) groups excluding carboxylic acids is 1. The topological polar surface area (TPSA) is 69.6 Å². The van der Waals surface area contributed by atoms with Crippen molar-refractivity contribution in [3.05, 3.63) is 12.7 Å². The lowest BCUT2D eigenvalue weighted by Gasteiger charge is -2.19. The normalized spacial score (nSPS) is 10.9. The summed E-state index contributed by atoms with van der Waals surface area (Å²) < 4.78 is 35.5. The summed E-state index contributed by atoms with van der Waals surface area (Å²) in [7, 11) is 0. The lowest BCUT2D eigenvalue weighted by Crippen LogP contribution is -2.43. The first kappa shape index (κ1) is 17.3. The van der Waals surface area contributed by atoms with Crippen molar-refractivity contribution in [3.8, 4) is 0 Å². The Hall–Kier alpha value is -1.73. The molecule has 0 fully saturated rings. The number of carboxylic acid groups (broad SMARTS) is 1. The van der Waals surface area contributed by atoms with Crippen molar-refractivity contribution >= 4 is 12.0 Å². The van der Waals surface area contributed by atoms with Crippen LogP contribution in [0, 0.1) is 0 Å². The molecule has 0 spiro atoms. The number of carboxylic acids is 1. The molecule has 0 saturated carbocycles. The van der Waals surface area contributed by atoms with E-state index in [0.717, 1.165) is 4.90 Å². The molecule has 0 radical (unpaired) electrons. The van der Waals surface area contributed by atoms with Crippen LogP contribution in [0.5, 0.6) is 0 Å². The van der Waals surface area contributed by atoms with Crippen LogP contribution in [0.15, 0.2) is 12.7 Å². The number of nitrogens with zero attached hydrogens (tertiary/aromatic N) is 1. The number of aliphatic carboxylic acids is 1. The summed E-state index contributed by atoms with van der Waals surface area (Å²) in [5.41, 5.74) is 0. The third kappa shape index (κ3) is 9.93. The third-order valence-corrected chi connectivity index (χ3v) is 2.13. The maximum atomic E-state index is 11.8. The zero-order valence-electron chi connectivity index (χ0n) is 10.4. The molecule has 2 N–H and O–H groups in total. The minimum Gasteiger partial charge on any atom is -0.480 e. The first-order valence-electron chi connectivity index (χ1n) is 5.68. The van der Waals surface area contributed by atoms with E-state index in [4.69, 9.17) is 5.11 Å². The highest BCUT2D eigenvalue weighted by Crippen LogP contribution is 2.21. The SMILES string of the molecule is C=CCN(CC(=O)O)C(=O)NCCCCC(F)(F)F. The highest BCUT2D eigenvalue weighted by molar-refractivity contribution is 5.80. The summed E-state index contributed by atoms with van der Waals surface area (Å²) in [6.45, 7) is 3.03. The smallest absolute Gasteiger partial charge is 0.389 e. The number of urea groups is 1. The number of nitrogens with one attached hydrogen (secondary N) is 1. The van der Waals surface area contributed by atoms with E-state index in [0.29, 0.717) is 0 Å². The minimum absolute atomic E-state index is 0.0562. The van der Waals surface area contributed by atoms with Gasteiger partial charge in [-0.25, -0.2) is 4.79 Å². The van der Waals surface area contributed by atoms with Gasteiger partial charge in [-0.2, -0.15) is 13.2 Å². The summed E-state index contributed by atoms with van der Waals surface area (Å²) in [6.07, 6.45) is -3.62. The Kier molecular flexibility index (Phi) is 7.62. The fourth-order valence-corrected chi connectivity index (χ4v) is 1.30.